The van der Waals surface area contributed by atoms with Crippen molar-refractivity contribution >= 4 is 55.5 Å². The summed E-state index contributed by atoms with van der Waals surface area (Å²) in [6.07, 6.45) is 0.815. The van der Waals surface area contributed by atoms with E-state index in [1.54, 1.807) is 11.4 Å². The quantitative estimate of drug-likeness (QED) is 0.211. The van der Waals surface area contributed by atoms with Crippen molar-refractivity contribution in [1.29, 1.82) is 0 Å². The van der Waals surface area contributed by atoms with Crippen LogP contribution in [0, 0.1) is 0 Å². The van der Waals surface area contributed by atoms with E-state index < -0.39 is 62.8 Å². The van der Waals surface area contributed by atoms with Gasteiger partial charge in [0.05, 0.1) is 25.9 Å². The minimum Gasteiger partial charge on any atom is -0.731 e. The molecule has 0 bridgehead atoms. The number of nitrogens with zero attached hydrogens (tertiary/aromatic N) is 3. The van der Waals surface area contributed by atoms with Gasteiger partial charge in [0.1, 0.15) is 12.1 Å². The van der Waals surface area contributed by atoms with Crippen LogP contribution in [0.5, 0.6) is 0 Å². The van der Waals surface area contributed by atoms with Gasteiger partial charge in [-0.3, -0.25) is 9.59 Å². The van der Waals surface area contributed by atoms with Crippen molar-refractivity contribution in [2.45, 2.75) is 12.1 Å². The molecule has 14 nitrogen and oxygen atoms in total. The zero-order chi connectivity index (χ0) is 23.1. The summed E-state index contributed by atoms with van der Waals surface area (Å²) in [6, 6.07) is -1.66. The van der Waals surface area contributed by atoms with Gasteiger partial charge < -0.3 is 15.2 Å². The fraction of sp³-hybridized carbons (Fsp3) is 0.429. The zero-order valence-electron chi connectivity index (χ0n) is 16.7. The Morgan fingerprint density at radius 3 is 2.31 bits per heavy atom. The molecular weight excluding hydrogens is 501 g/mol. The molecule has 32 heavy (non-hydrogen) atoms. The van der Waals surface area contributed by atoms with Gasteiger partial charge in [0.15, 0.2) is 10.3 Å². The van der Waals surface area contributed by atoms with E-state index in [9.17, 15) is 40.6 Å². The van der Waals surface area contributed by atoms with Crippen LogP contribution >= 0.6 is 11.3 Å². The Labute approximate surface area is 209 Å². The van der Waals surface area contributed by atoms with Crippen molar-refractivity contribution in [2.24, 2.45) is 0 Å². The molecule has 3 rings (SSSR count). The van der Waals surface area contributed by atoms with Crippen LogP contribution in [0.4, 0.5) is 9.59 Å². The minimum absolute atomic E-state index is 0. The Hall–Kier alpha value is -1.76. The van der Waals surface area contributed by atoms with Gasteiger partial charge in [0, 0.05) is 4.88 Å². The summed E-state index contributed by atoms with van der Waals surface area (Å²) in [6.45, 7) is -1.01. The molecule has 1 aromatic rings. The van der Waals surface area contributed by atoms with E-state index in [2.05, 4.69) is 10.6 Å². The van der Waals surface area contributed by atoms with Crippen molar-refractivity contribution in [1.82, 2.24) is 24.1 Å². The van der Waals surface area contributed by atoms with E-state index >= 15 is 0 Å². The SMILES string of the molecule is CS(=O)(=O)N1CCN(C(=O)NC(C(=O)NC2CN(S(=O)(=O)[O-])C2=O)c2cccs2)C1=O.[Na+]. The Balaban J connectivity index is 0.00000363. The van der Waals surface area contributed by atoms with Crippen LogP contribution < -0.4 is 40.2 Å². The predicted octanol–water partition coefficient (Wildman–Crippen LogP) is -5.01. The summed E-state index contributed by atoms with van der Waals surface area (Å²) in [7, 11) is -8.86. The number of urea groups is 2. The van der Waals surface area contributed by atoms with Crippen LogP contribution in [0.2, 0.25) is 0 Å². The number of hydrogen-bond acceptors (Lipinski definition) is 10. The van der Waals surface area contributed by atoms with Gasteiger partial charge in [0.2, 0.25) is 15.9 Å². The van der Waals surface area contributed by atoms with E-state index in [-0.39, 0.29) is 47.0 Å². The van der Waals surface area contributed by atoms with E-state index in [4.69, 9.17) is 0 Å². The molecule has 0 radical (unpaired) electrons. The number of imide groups is 1. The number of hydrogen-bond donors (Lipinski definition) is 2. The summed E-state index contributed by atoms with van der Waals surface area (Å²) in [4.78, 5) is 50.2. The van der Waals surface area contributed by atoms with Crippen LogP contribution in [-0.4, -0.2) is 90.7 Å². The van der Waals surface area contributed by atoms with Gasteiger partial charge >= 0.3 is 41.6 Å². The maximum absolute atomic E-state index is 12.7. The smallest absolute Gasteiger partial charge is 0.731 e. The first-order chi connectivity index (χ1) is 14.3. The Morgan fingerprint density at radius 2 is 1.84 bits per heavy atom. The molecule has 2 saturated heterocycles. The standard InChI is InChI=1S/C14H17N5O9S3.Na/c1-30(24,25)18-5-4-17(14(18)23)13(22)16-10(9-3-2-6-29-9)11(20)15-8-7-19(12(8)21)31(26,27)28;/h2-3,6,8,10H,4-5,7H2,1H3,(H,15,20)(H,16,22)(H,26,27,28);/q;+1/p-1. The molecule has 0 aliphatic carbocycles. The number of sulfonamides is 1. The van der Waals surface area contributed by atoms with Crippen LogP contribution in [0.1, 0.15) is 10.9 Å². The summed E-state index contributed by atoms with van der Waals surface area (Å²) in [5.41, 5.74) is 0. The van der Waals surface area contributed by atoms with E-state index in [1.807, 2.05) is 0 Å². The molecule has 2 fully saturated rings. The monoisotopic (exact) mass is 517 g/mol. The molecule has 0 aromatic carbocycles. The first-order valence-corrected chi connectivity index (χ1v) is 12.6. The number of carbonyl (C=O) groups excluding carboxylic acids is 4. The Bertz CT molecular complexity index is 1140. The summed E-state index contributed by atoms with van der Waals surface area (Å²) >= 11 is 1.08. The molecule has 3 heterocycles. The van der Waals surface area contributed by atoms with Gasteiger partial charge in [-0.15, -0.1) is 11.3 Å². The van der Waals surface area contributed by atoms with Crippen molar-refractivity contribution in [3.8, 4) is 0 Å². The second-order valence-electron chi connectivity index (χ2n) is 6.56. The summed E-state index contributed by atoms with van der Waals surface area (Å²) in [5, 5.41) is 6.16. The summed E-state index contributed by atoms with van der Waals surface area (Å²) < 4.78 is 56.4. The number of thiophene rings is 1. The van der Waals surface area contributed by atoms with Crippen molar-refractivity contribution < 1.29 is 70.1 Å². The van der Waals surface area contributed by atoms with Gasteiger partial charge in [-0.25, -0.2) is 39.9 Å². The Morgan fingerprint density at radius 1 is 1.19 bits per heavy atom. The number of β-lactam (4-membered cyclic amide) rings is 1. The first kappa shape index (κ1) is 26.5. The number of nitrogens with one attached hydrogen (secondary N) is 2. The minimum atomic E-state index is -4.98. The maximum Gasteiger partial charge on any atom is 1.00 e. The fourth-order valence-electron chi connectivity index (χ4n) is 2.89. The molecule has 2 unspecified atom stereocenters. The molecule has 6 amide bonds. The summed E-state index contributed by atoms with van der Waals surface area (Å²) in [5.74, 6) is -2.00. The van der Waals surface area contributed by atoms with Crippen molar-refractivity contribution in [3.63, 3.8) is 0 Å². The largest absolute Gasteiger partial charge is 1.00 e. The Kier molecular flexibility index (Phi) is 7.96. The molecule has 0 spiro atoms. The van der Waals surface area contributed by atoms with Gasteiger partial charge in [-0.2, -0.15) is 0 Å². The van der Waals surface area contributed by atoms with Gasteiger partial charge in [-0.1, -0.05) is 6.07 Å². The first-order valence-electron chi connectivity index (χ1n) is 8.51. The average Bonchev–Trinajstić information content (AvgIpc) is 3.30. The molecule has 2 atom stereocenters. The van der Waals surface area contributed by atoms with Gasteiger partial charge in [-0.05, 0) is 11.4 Å². The molecule has 170 valence electrons. The molecule has 1 aromatic heterocycles. The average molecular weight is 517 g/mol. The van der Waals surface area contributed by atoms with Crippen LogP contribution in [0.15, 0.2) is 17.5 Å². The molecule has 18 heteroatoms. The van der Waals surface area contributed by atoms with Crippen LogP contribution in [0.3, 0.4) is 0 Å². The number of amides is 6. The van der Waals surface area contributed by atoms with Crippen LogP contribution in [0.25, 0.3) is 0 Å². The topological polar surface area (TPSA) is 193 Å². The normalized spacial score (nSPS) is 19.8. The fourth-order valence-corrected chi connectivity index (χ4v) is 5.14. The predicted molar refractivity (Wildman–Crippen MR) is 103 cm³/mol. The second-order valence-corrected chi connectivity index (χ2v) is 10.7. The maximum atomic E-state index is 12.7. The molecule has 0 saturated carbocycles. The molecular formula is C14H16N5NaO9S3. The van der Waals surface area contributed by atoms with E-state index in [0.717, 1.165) is 17.6 Å². The number of carbonyl (C=O) groups is 4. The second kappa shape index (κ2) is 9.62. The molecule has 2 aliphatic rings. The van der Waals surface area contributed by atoms with Crippen molar-refractivity contribution in [3.05, 3.63) is 22.4 Å². The van der Waals surface area contributed by atoms with Crippen LogP contribution in [-0.2, 0) is 29.9 Å². The third-order valence-electron chi connectivity index (χ3n) is 4.45. The molecule has 2 aliphatic heterocycles. The van der Waals surface area contributed by atoms with Gasteiger partial charge in [0.25, 0.3) is 5.91 Å². The third-order valence-corrected chi connectivity index (χ3v) is 7.40. The van der Waals surface area contributed by atoms with E-state index in [0.29, 0.717) is 14.1 Å². The van der Waals surface area contributed by atoms with Crippen molar-refractivity contribution in [2.75, 3.05) is 25.9 Å². The van der Waals surface area contributed by atoms with E-state index in [1.165, 1.54) is 6.07 Å². The number of rotatable bonds is 6. The zero-order valence-corrected chi connectivity index (χ0v) is 21.2. The third kappa shape index (κ3) is 5.41. The molecule has 2 N–H and O–H groups in total.